The van der Waals surface area contributed by atoms with Gasteiger partial charge in [0.1, 0.15) is 5.69 Å². The van der Waals surface area contributed by atoms with Crippen molar-refractivity contribution in [1.29, 1.82) is 0 Å². The third-order valence-electron chi connectivity index (χ3n) is 2.81. The summed E-state index contributed by atoms with van der Waals surface area (Å²) in [6, 6.07) is 0.174. The van der Waals surface area contributed by atoms with Crippen LogP contribution in [0, 0.1) is 5.82 Å². The first-order valence-corrected chi connectivity index (χ1v) is 5.41. The number of fused-ring (bicyclic) bond motifs is 1. The molecule has 0 unspecified atom stereocenters. The van der Waals surface area contributed by atoms with E-state index in [0.717, 1.165) is 36.7 Å². The number of halogens is 2. The van der Waals surface area contributed by atoms with Gasteiger partial charge >= 0.3 is 0 Å². The molecule has 0 aliphatic carbocycles. The zero-order valence-corrected chi connectivity index (χ0v) is 10.5. The number of aromatic nitrogens is 5. The Balaban J connectivity index is 0.00000120. The summed E-state index contributed by atoms with van der Waals surface area (Å²) >= 11 is 0. The molecule has 1 N–H and O–H groups in total. The van der Waals surface area contributed by atoms with Gasteiger partial charge in [0.05, 0.1) is 24.1 Å². The number of hydrogen-bond acceptors (Lipinski definition) is 5. The lowest BCUT2D eigenvalue weighted by molar-refractivity contribution is 0.522. The van der Waals surface area contributed by atoms with Gasteiger partial charge in [-0.25, -0.2) is 14.4 Å². The Labute approximate surface area is 109 Å². The molecule has 3 rings (SSSR count). The minimum Gasteiger partial charge on any atom is -0.308 e. The lowest BCUT2D eigenvalue weighted by Gasteiger charge is -2.18. The molecule has 0 fully saturated rings. The van der Waals surface area contributed by atoms with Crippen LogP contribution in [0.2, 0.25) is 0 Å². The molecule has 0 amide bonds. The van der Waals surface area contributed by atoms with Crippen LogP contribution in [0.15, 0.2) is 12.4 Å². The van der Waals surface area contributed by atoms with Crippen LogP contribution in [0.4, 0.5) is 4.39 Å². The van der Waals surface area contributed by atoms with Gasteiger partial charge in [-0.15, -0.1) is 17.5 Å². The molecular weight excluding hydrogens is 259 g/mol. The molecule has 8 heteroatoms. The van der Waals surface area contributed by atoms with Gasteiger partial charge in [0.15, 0.2) is 5.82 Å². The van der Waals surface area contributed by atoms with Gasteiger partial charge in [0, 0.05) is 13.0 Å². The highest BCUT2D eigenvalue weighted by molar-refractivity contribution is 5.85. The molecule has 96 valence electrons. The summed E-state index contributed by atoms with van der Waals surface area (Å²) in [5, 5.41) is 11.4. The van der Waals surface area contributed by atoms with Gasteiger partial charge in [-0.1, -0.05) is 5.21 Å². The van der Waals surface area contributed by atoms with Crippen LogP contribution in [-0.2, 0) is 6.42 Å². The van der Waals surface area contributed by atoms with E-state index in [-0.39, 0.29) is 18.4 Å². The third-order valence-corrected chi connectivity index (χ3v) is 2.81. The van der Waals surface area contributed by atoms with Crippen molar-refractivity contribution in [1.82, 2.24) is 30.3 Å². The van der Waals surface area contributed by atoms with Crippen LogP contribution >= 0.6 is 12.4 Å². The van der Waals surface area contributed by atoms with E-state index in [9.17, 15) is 4.39 Å². The highest BCUT2D eigenvalue weighted by atomic mass is 35.5. The highest BCUT2D eigenvalue weighted by Gasteiger charge is 2.23. The zero-order valence-electron chi connectivity index (χ0n) is 9.67. The van der Waals surface area contributed by atoms with Crippen molar-refractivity contribution >= 4 is 12.4 Å². The Hall–Kier alpha value is -1.60. The Morgan fingerprint density at radius 1 is 1.39 bits per heavy atom. The highest BCUT2D eigenvalue weighted by Crippen LogP contribution is 2.20. The molecule has 0 saturated carbocycles. The average molecular weight is 271 g/mol. The second-order valence-electron chi connectivity index (χ2n) is 3.96. The first-order valence-electron chi connectivity index (χ1n) is 5.41. The number of nitrogens with one attached hydrogen (secondary N) is 1. The second kappa shape index (κ2) is 4.95. The van der Waals surface area contributed by atoms with Gasteiger partial charge < -0.3 is 5.32 Å². The lowest BCUT2D eigenvalue weighted by Crippen LogP contribution is -2.28. The minimum atomic E-state index is -0.460. The fourth-order valence-electron chi connectivity index (χ4n) is 1.96. The van der Waals surface area contributed by atoms with Crippen molar-refractivity contribution in [3.05, 3.63) is 29.6 Å². The molecule has 1 atom stereocenters. The van der Waals surface area contributed by atoms with E-state index in [4.69, 9.17) is 0 Å². The van der Waals surface area contributed by atoms with Crippen LogP contribution in [0.25, 0.3) is 5.95 Å². The van der Waals surface area contributed by atoms with Gasteiger partial charge in [-0.05, 0) is 6.92 Å². The molecule has 6 nitrogen and oxygen atoms in total. The quantitative estimate of drug-likeness (QED) is 0.831. The summed E-state index contributed by atoms with van der Waals surface area (Å²) in [6.45, 7) is 2.89. The van der Waals surface area contributed by atoms with E-state index in [1.807, 2.05) is 6.92 Å². The summed E-state index contributed by atoms with van der Waals surface area (Å²) in [5.41, 5.74) is 1.90. The molecule has 2 aromatic rings. The molecule has 1 aliphatic heterocycles. The van der Waals surface area contributed by atoms with Crippen LogP contribution in [0.5, 0.6) is 0 Å². The van der Waals surface area contributed by atoms with Crippen molar-refractivity contribution in [2.75, 3.05) is 6.54 Å². The number of nitrogens with zero attached hydrogens (tertiary/aromatic N) is 5. The maximum Gasteiger partial charge on any atom is 0.252 e. The van der Waals surface area contributed by atoms with E-state index in [1.165, 1.54) is 0 Å². The number of hydrogen-bond donors (Lipinski definition) is 1. The molecule has 1 aliphatic rings. The molecule has 2 aromatic heterocycles. The molecule has 0 saturated heterocycles. The van der Waals surface area contributed by atoms with Crippen LogP contribution in [-0.4, -0.2) is 31.5 Å². The van der Waals surface area contributed by atoms with E-state index in [1.54, 1.807) is 4.68 Å². The molecule has 0 bridgehead atoms. The van der Waals surface area contributed by atoms with Crippen LogP contribution < -0.4 is 5.32 Å². The van der Waals surface area contributed by atoms with E-state index < -0.39 is 5.82 Å². The van der Waals surface area contributed by atoms with Gasteiger partial charge in [-0.3, -0.25) is 0 Å². The van der Waals surface area contributed by atoms with E-state index in [0.29, 0.717) is 5.95 Å². The monoisotopic (exact) mass is 270 g/mol. The minimum absolute atomic E-state index is 0. The SMILES string of the molecule is C[C@@H]1NCCc2c1nnn2-c1ncc(F)cn1.Cl. The fourth-order valence-corrected chi connectivity index (χ4v) is 1.96. The smallest absolute Gasteiger partial charge is 0.252 e. The Morgan fingerprint density at radius 3 is 2.83 bits per heavy atom. The maximum atomic E-state index is 12.7. The van der Waals surface area contributed by atoms with Gasteiger partial charge in [0.2, 0.25) is 0 Å². The van der Waals surface area contributed by atoms with Crippen molar-refractivity contribution in [3.63, 3.8) is 0 Å². The topological polar surface area (TPSA) is 68.5 Å². The predicted molar refractivity (Wildman–Crippen MR) is 64.3 cm³/mol. The average Bonchev–Trinajstić information content (AvgIpc) is 2.75. The summed E-state index contributed by atoms with van der Waals surface area (Å²) in [7, 11) is 0. The van der Waals surface area contributed by atoms with Crippen LogP contribution in [0.3, 0.4) is 0 Å². The van der Waals surface area contributed by atoms with Gasteiger partial charge in [-0.2, -0.15) is 4.68 Å². The largest absolute Gasteiger partial charge is 0.308 e. The maximum absolute atomic E-state index is 12.7. The predicted octanol–water partition coefficient (Wildman–Crippen LogP) is 0.825. The fraction of sp³-hybridized carbons (Fsp3) is 0.400. The van der Waals surface area contributed by atoms with E-state index in [2.05, 4.69) is 25.6 Å². The van der Waals surface area contributed by atoms with Crippen molar-refractivity contribution in [2.45, 2.75) is 19.4 Å². The Morgan fingerprint density at radius 2 is 2.11 bits per heavy atom. The third kappa shape index (κ3) is 2.06. The van der Waals surface area contributed by atoms with Crippen molar-refractivity contribution in [3.8, 4) is 5.95 Å². The Kier molecular flexibility index (Phi) is 3.53. The first kappa shape index (κ1) is 12.8. The summed E-state index contributed by atoms with van der Waals surface area (Å²) < 4.78 is 14.3. The van der Waals surface area contributed by atoms with Crippen LogP contribution in [0.1, 0.15) is 24.4 Å². The molecule has 0 radical (unpaired) electrons. The normalized spacial score (nSPS) is 18.0. The first-order chi connectivity index (χ1) is 8.25. The summed E-state index contributed by atoms with van der Waals surface area (Å²) in [4.78, 5) is 7.82. The van der Waals surface area contributed by atoms with E-state index >= 15 is 0 Å². The molecule has 0 aromatic carbocycles. The zero-order chi connectivity index (χ0) is 11.8. The molecular formula is C10H12ClFN6. The lowest BCUT2D eigenvalue weighted by atomic mass is 10.1. The Bertz CT molecular complexity index is 540. The molecule has 18 heavy (non-hydrogen) atoms. The molecule has 0 spiro atoms. The molecule has 3 heterocycles. The standard InChI is InChI=1S/C10H11FN6.ClH/c1-6-9-8(2-3-12-6)17(16-15-9)10-13-4-7(11)5-14-10;/h4-6,12H,2-3H2,1H3;1H/t6-;/m0./s1. The van der Waals surface area contributed by atoms with Crippen molar-refractivity contribution in [2.24, 2.45) is 0 Å². The van der Waals surface area contributed by atoms with Gasteiger partial charge in [0.25, 0.3) is 5.95 Å². The van der Waals surface area contributed by atoms with Crippen molar-refractivity contribution < 1.29 is 4.39 Å². The summed E-state index contributed by atoms with van der Waals surface area (Å²) in [5.74, 6) is -0.105. The number of rotatable bonds is 1. The summed E-state index contributed by atoms with van der Waals surface area (Å²) in [6.07, 6.45) is 3.06. The second-order valence-corrected chi connectivity index (χ2v) is 3.96.